The van der Waals surface area contributed by atoms with Crippen LogP contribution < -0.4 is 0 Å². The van der Waals surface area contributed by atoms with E-state index in [2.05, 4.69) is 0 Å². The Morgan fingerprint density at radius 2 is 1.74 bits per heavy atom. The highest BCUT2D eigenvalue weighted by atomic mass is 32.2. The van der Waals surface area contributed by atoms with Gasteiger partial charge in [-0.1, -0.05) is 36.4 Å². The Morgan fingerprint density at radius 3 is 2.35 bits per heavy atom. The number of rotatable bonds is 3. The Morgan fingerprint density at radius 1 is 1.04 bits per heavy atom. The number of carbonyl (C=O) groups excluding carboxylic acids is 1. The molecule has 1 aliphatic heterocycles. The zero-order valence-electron chi connectivity index (χ0n) is 12.3. The summed E-state index contributed by atoms with van der Waals surface area (Å²) in [4.78, 5) is 11.9. The molecule has 6 heteroatoms. The highest BCUT2D eigenvalue weighted by Crippen LogP contribution is 2.35. The van der Waals surface area contributed by atoms with Crippen LogP contribution in [0.2, 0.25) is 0 Å². The van der Waals surface area contributed by atoms with Gasteiger partial charge in [0.25, 0.3) is 0 Å². The van der Waals surface area contributed by atoms with Crippen LogP contribution in [-0.4, -0.2) is 32.4 Å². The normalized spacial score (nSPS) is 14.9. The fourth-order valence-corrected chi connectivity index (χ4v) is 3.30. The maximum Gasteiger partial charge on any atom is 0.339 e. The number of hydrogen-bond donors (Lipinski definition) is 1. The molecule has 5 nitrogen and oxygen atoms in total. The largest absolute Gasteiger partial charge is 0.507 e. The SMILES string of the molecule is CS(=O)(=O)c1ccc(C2=C(c3ccccc3)C(=O)OC2)cc1O. The average Bonchev–Trinajstić information content (AvgIpc) is 2.88. The molecule has 2 aromatic carbocycles. The van der Waals surface area contributed by atoms with Gasteiger partial charge in [-0.2, -0.15) is 0 Å². The van der Waals surface area contributed by atoms with Crippen molar-refractivity contribution in [2.75, 3.05) is 12.9 Å². The van der Waals surface area contributed by atoms with Crippen molar-refractivity contribution in [3.63, 3.8) is 0 Å². The Kier molecular flexibility index (Phi) is 3.69. The number of phenolic OH excluding ortho intramolecular Hbond substituents is 1. The lowest BCUT2D eigenvalue weighted by atomic mass is 9.96. The average molecular weight is 330 g/mol. The van der Waals surface area contributed by atoms with E-state index < -0.39 is 15.8 Å². The zero-order chi connectivity index (χ0) is 16.6. The minimum atomic E-state index is -3.51. The Labute approximate surface area is 133 Å². The van der Waals surface area contributed by atoms with E-state index in [0.29, 0.717) is 16.7 Å². The predicted octanol–water partition coefficient (Wildman–Crippen LogP) is 2.26. The molecule has 1 N–H and O–H groups in total. The fraction of sp³-hybridized carbons (Fsp3) is 0.118. The first-order valence-corrected chi connectivity index (χ1v) is 8.76. The van der Waals surface area contributed by atoms with Crippen molar-refractivity contribution in [3.05, 3.63) is 59.7 Å². The van der Waals surface area contributed by atoms with Gasteiger partial charge in [0, 0.05) is 11.8 Å². The molecule has 0 atom stereocenters. The van der Waals surface area contributed by atoms with Crippen molar-refractivity contribution >= 4 is 27.0 Å². The van der Waals surface area contributed by atoms with E-state index in [0.717, 1.165) is 11.8 Å². The number of hydrogen-bond acceptors (Lipinski definition) is 5. The predicted molar refractivity (Wildman–Crippen MR) is 85.4 cm³/mol. The molecule has 0 bridgehead atoms. The minimum Gasteiger partial charge on any atom is -0.507 e. The monoisotopic (exact) mass is 330 g/mol. The molecule has 0 aromatic heterocycles. The van der Waals surface area contributed by atoms with Crippen molar-refractivity contribution in [2.45, 2.75) is 4.90 Å². The Bertz CT molecular complexity index is 911. The van der Waals surface area contributed by atoms with Gasteiger partial charge in [-0.05, 0) is 23.3 Å². The molecule has 0 saturated carbocycles. The maximum atomic E-state index is 12.0. The van der Waals surface area contributed by atoms with Gasteiger partial charge in [-0.25, -0.2) is 13.2 Å². The van der Waals surface area contributed by atoms with Crippen molar-refractivity contribution in [1.82, 2.24) is 0 Å². The number of cyclic esters (lactones) is 1. The van der Waals surface area contributed by atoms with Gasteiger partial charge in [0.2, 0.25) is 0 Å². The van der Waals surface area contributed by atoms with Crippen LogP contribution in [0.1, 0.15) is 11.1 Å². The molecular weight excluding hydrogens is 316 g/mol. The number of esters is 1. The Hall–Kier alpha value is -2.60. The number of phenols is 1. The van der Waals surface area contributed by atoms with Gasteiger partial charge in [0.15, 0.2) is 9.84 Å². The van der Waals surface area contributed by atoms with Crippen molar-refractivity contribution in [1.29, 1.82) is 0 Å². The molecule has 0 fully saturated rings. The lowest BCUT2D eigenvalue weighted by molar-refractivity contribution is -0.133. The zero-order valence-corrected chi connectivity index (χ0v) is 13.1. The molecule has 1 heterocycles. The van der Waals surface area contributed by atoms with Crippen molar-refractivity contribution in [2.24, 2.45) is 0 Å². The topological polar surface area (TPSA) is 80.7 Å². The molecule has 0 saturated heterocycles. The molecule has 0 amide bonds. The molecule has 23 heavy (non-hydrogen) atoms. The summed E-state index contributed by atoms with van der Waals surface area (Å²) in [6.07, 6.45) is 1.03. The van der Waals surface area contributed by atoms with E-state index in [4.69, 9.17) is 4.74 Å². The summed E-state index contributed by atoms with van der Waals surface area (Å²) in [6, 6.07) is 13.3. The number of sulfone groups is 1. The van der Waals surface area contributed by atoms with Gasteiger partial charge in [-0.3, -0.25) is 0 Å². The van der Waals surface area contributed by atoms with E-state index in [1.165, 1.54) is 12.1 Å². The van der Waals surface area contributed by atoms with Crippen LogP contribution in [0.15, 0.2) is 53.4 Å². The summed E-state index contributed by atoms with van der Waals surface area (Å²) in [5.74, 6) is -0.776. The van der Waals surface area contributed by atoms with Crippen LogP contribution >= 0.6 is 0 Å². The highest BCUT2D eigenvalue weighted by molar-refractivity contribution is 7.90. The number of aromatic hydroxyl groups is 1. The second-order valence-corrected chi connectivity index (χ2v) is 7.23. The quantitative estimate of drug-likeness (QED) is 0.873. The van der Waals surface area contributed by atoms with E-state index in [1.807, 2.05) is 18.2 Å². The van der Waals surface area contributed by atoms with Crippen molar-refractivity contribution < 1.29 is 23.1 Å². The molecule has 3 rings (SSSR count). The summed E-state index contributed by atoms with van der Waals surface area (Å²) >= 11 is 0. The molecular formula is C17H14O5S. The second-order valence-electron chi connectivity index (χ2n) is 5.25. The van der Waals surface area contributed by atoms with E-state index in [9.17, 15) is 18.3 Å². The van der Waals surface area contributed by atoms with Gasteiger partial charge in [-0.15, -0.1) is 0 Å². The van der Waals surface area contributed by atoms with E-state index in [1.54, 1.807) is 18.2 Å². The van der Waals surface area contributed by atoms with Gasteiger partial charge in [0.05, 0.1) is 5.57 Å². The van der Waals surface area contributed by atoms with Crippen LogP contribution in [0.4, 0.5) is 0 Å². The number of ether oxygens (including phenoxy) is 1. The first kappa shape index (κ1) is 15.3. The third-order valence-corrected chi connectivity index (χ3v) is 4.77. The van der Waals surface area contributed by atoms with Crippen LogP contribution in [0.25, 0.3) is 11.1 Å². The lowest BCUT2D eigenvalue weighted by Gasteiger charge is -2.08. The molecule has 0 aliphatic carbocycles. The lowest BCUT2D eigenvalue weighted by Crippen LogP contribution is -1.99. The number of benzene rings is 2. The molecule has 2 aromatic rings. The first-order chi connectivity index (χ1) is 10.9. The minimum absolute atomic E-state index is 0.0841. The van der Waals surface area contributed by atoms with Gasteiger partial charge in [0.1, 0.15) is 17.3 Å². The summed E-state index contributed by atoms with van der Waals surface area (Å²) in [6.45, 7) is 0.0841. The molecule has 0 unspecified atom stereocenters. The van der Waals surface area contributed by atoms with Crippen LogP contribution in [0.5, 0.6) is 5.75 Å². The fourth-order valence-electron chi connectivity index (χ4n) is 2.55. The van der Waals surface area contributed by atoms with Crippen molar-refractivity contribution in [3.8, 4) is 5.75 Å². The summed E-state index contributed by atoms with van der Waals surface area (Å²) < 4.78 is 28.3. The van der Waals surface area contributed by atoms with Gasteiger partial charge < -0.3 is 9.84 Å². The number of carbonyl (C=O) groups is 1. The molecule has 118 valence electrons. The Balaban J connectivity index is 2.15. The standard InChI is InChI=1S/C17H14O5S/c1-23(20,21)15-8-7-12(9-14(15)18)13-10-22-17(19)16(13)11-5-3-2-4-6-11/h2-9,18H,10H2,1H3. The third-order valence-electron chi connectivity index (χ3n) is 3.62. The molecule has 0 radical (unpaired) electrons. The van der Waals surface area contributed by atoms with Crippen LogP contribution in [0.3, 0.4) is 0 Å². The van der Waals surface area contributed by atoms with Crippen LogP contribution in [0, 0.1) is 0 Å². The van der Waals surface area contributed by atoms with Gasteiger partial charge >= 0.3 is 5.97 Å². The smallest absolute Gasteiger partial charge is 0.339 e. The first-order valence-electron chi connectivity index (χ1n) is 6.87. The summed E-state index contributed by atoms with van der Waals surface area (Å²) in [7, 11) is -3.51. The second kappa shape index (κ2) is 5.55. The highest BCUT2D eigenvalue weighted by Gasteiger charge is 2.27. The molecule has 1 aliphatic rings. The maximum absolute atomic E-state index is 12.0. The van der Waals surface area contributed by atoms with E-state index in [-0.39, 0.29) is 17.3 Å². The van der Waals surface area contributed by atoms with Crippen LogP contribution in [-0.2, 0) is 19.4 Å². The third kappa shape index (κ3) is 2.85. The molecule has 0 spiro atoms. The van der Waals surface area contributed by atoms with E-state index >= 15 is 0 Å². The summed E-state index contributed by atoms with van der Waals surface area (Å²) in [5, 5.41) is 9.98. The summed E-state index contributed by atoms with van der Waals surface area (Å²) in [5.41, 5.74) is 2.32.